The molecule has 0 atom stereocenters. The minimum atomic E-state index is -1.46. The molecule has 0 unspecified atom stereocenters. The van der Waals surface area contributed by atoms with Crippen LogP contribution in [0.15, 0.2) is 29.3 Å². The van der Waals surface area contributed by atoms with Gasteiger partial charge in [-0.2, -0.15) is 0 Å². The summed E-state index contributed by atoms with van der Waals surface area (Å²) in [6.07, 6.45) is 3.83. The molecule has 7 heteroatoms. The largest absolute Gasteiger partial charge is 0.506 e. The number of carbonyl (C=O) groups is 1. The predicted octanol–water partition coefficient (Wildman–Crippen LogP) is 1.89. The third-order valence-electron chi connectivity index (χ3n) is 3.85. The fourth-order valence-corrected chi connectivity index (χ4v) is 2.71. The molecule has 0 spiro atoms. The van der Waals surface area contributed by atoms with Crippen molar-refractivity contribution in [3.63, 3.8) is 0 Å². The van der Waals surface area contributed by atoms with Crippen LogP contribution in [0.5, 0.6) is 5.75 Å². The van der Waals surface area contributed by atoms with E-state index in [2.05, 4.69) is 9.97 Å². The topological polar surface area (TPSA) is 108 Å². The summed E-state index contributed by atoms with van der Waals surface area (Å²) in [5.41, 5.74) is 0.692. The van der Waals surface area contributed by atoms with Gasteiger partial charge in [-0.25, -0.2) is 9.78 Å². The van der Waals surface area contributed by atoms with Crippen molar-refractivity contribution in [2.45, 2.75) is 13.3 Å². The number of rotatable bonds is 3. The van der Waals surface area contributed by atoms with E-state index < -0.39 is 22.8 Å². The highest BCUT2D eigenvalue weighted by atomic mass is 16.4. The Labute approximate surface area is 130 Å². The maximum Gasteiger partial charge on any atom is 0.345 e. The number of pyridine rings is 2. The van der Waals surface area contributed by atoms with Gasteiger partial charge in [-0.15, -0.1) is 0 Å². The molecule has 3 heterocycles. The van der Waals surface area contributed by atoms with Crippen LogP contribution in [0, 0.1) is 0 Å². The van der Waals surface area contributed by atoms with E-state index in [1.165, 1.54) is 0 Å². The number of aryl methyl sites for hydroxylation is 1. The smallest absolute Gasteiger partial charge is 0.345 e. The van der Waals surface area contributed by atoms with E-state index in [1.54, 1.807) is 13.1 Å². The first-order chi connectivity index (χ1) is 10.9. The number of H-pyrrole nitrogens is 1. The Kier molecular flexibility index (Phi) is 3.40. The van der Waals surface area contributed by atoms with Crippen LogP contribution in [0.2, 0.25) is 0 Å². The lowest BCUT2D eigenvalue weighted by Gasteiger charge is -2.12. The van der Waals surface area contributed by atoms with Crippen molar-refractivity contribution >= 4 is 17.0 Å². The molecule has 3 aromatic heterocycles. The van der Waals surface area contributed by atoms with Crippen molar-refractivity contribution in [3.8, 4) is 17.0 Å². The molecule has 0 amide bonds. The van der Waals surface area contributed by atoms with Gasteiger partial charge in [0, 0.05) is 36.0 Å². The summed E-state index contributed by atoms with van der Waals surface area (Å²) in [6, 6.07) is 3.73. The first kappa shape index (κ1) is 14.8. The normalized spacial score (nSPS) is 11.0. The molecule has 23 heavy (non-hydrogen) atoms. The van der Waals surface area contributed by atoms with Gasteiger partial charge in [-0.3, -0.25) is 4.79 Å². The van der Waals surface area contributed by atoms with Crippen molar-refractivity contribution in [1.29, 1.82) is 0 Å². The number of aromatic hydroxyl groups is 1. The van der Waals surface area contributed by atoms with Crippen molar-refractivity contribution < 1.29 is 15.0 Å². The number of hydrogen-bond donors (Lipinski definition) is 3. The van der Waals surface area contributed by atoms with Crippen molar-refractivity contribution in [1.82, 2.24) is 14.5 Å². The monoisotopic (exact) mass is 313 g/mol. The standard InChI is InChI=1S/C16H15N3O4/c1-3-10-12(18-15(21)11(13(10)20)16(22)23)9-6-8-4-5-19(2)14(8)17-7-9/h4-7H,3H2,1-2H3,(H,22,23)(H2,18,20,21). The van der Waals surface area contributed by atoms with E-state index in [4.69, 9.17) is 5.11 Å². The Morgan fingerprint density at radius 2 is 2.17 bits per heavy atom. The molecule has 0 fully saturated rings. The zero-order valence-corrected chi connectivity index (χ0v) is 12.6. The molecule has 0 saturated carbocycles. The molecule has 7 nitrogen and oxygen atoms in total. The summed E-state index contributed by atoms with van der Waals surface area (Å²) in [4.78, 5) is 30.0. The number of carboxylic acid groups (broad SMARTS) is 1. The van der Waals surface area contributed by atoms with Gasteiger partial charge >= 0.3 is 5.97 Å². The number of carboxylic acids is 1. The van der Waals surface area contributed by atoms with Crippen molar-refractivity contribution in [3.05, 3.63) is 46.0 Å². The maximum atomic E-state index is 12.0. The van der Waals surface area contributed by atoms with Crippen LogP contribution in [-0.2, 0) is 13.5 Å². The second-order valence-electron chi connectivity index (χ2n) is 5.25. The van der Waals surface area contributed by atoms with Crippen LogP contribution in [0.25, 0.3) is 22.3 Å². The second-order valence-corrected chi connectivity index (χ2v) is 5.25. The van der Waals surface area contributed by atoms with E-state index in [1.807, 2.05) is 29.9 Å². The van der Waals surface area contributed by atoms with Gasteiger partial charge in [0.25, 0.3) is 5.56 Å². The van der Waals surface area contributed by atoms with Gasteiger partial charge in [0.1, 0.15) is 11.4 Å². The average Bonchev–Trinajstić information content (AvgIpc) is 2.87. The molecule has 3 rings (SSSR count). The van der Waals surface area contributed by atoms with E-state index in [-0.39, 0.29) is 0 Å². The van der Waals surface area contributed by atoms with E-state index >= 15 is 0 Å². The Bertz CT molecular complexity index is 985. The summed E-state index contributed by atoms with van der Waals surface area (Å²) in [5, 5.41) is 20.1. The highest BCUT2D eigenvalue weighted by Crippen LogP contribution is 2.30. The van der Waals surface area contributed by atoms with Crippen LogP contribution >= 0.6 is 0 Å². The Morgan fingerprint density at radius 1 is 1.43 bits per heavy atom. The molecule has 0 saturated heterocycles. The van der Waals surface area contributed by atoms with Gasteiger partial charge in [0.2, 0.25) is 0 Å². The molecule has 118 valence electrons. The number of fused-ring (bicyclic) bond motifs is 1. The van der Waals surface area contributed by atoms with Crippen LogP contribution in [0.4, 0.5) is 0 Å². The zero-order valence-electron chi connectivity index (χ0n) is 12.6. The molecular weight excluding hydrogens is 298 g/mol. The summed E-state index contributed by atoms with van der Waals surface area (Å²) in [5.74, 6) is -1.95. The van der Waals surface area contributed by atoms with Crippen LogP contribution in [0.1, 0.15) is 22.8 Å². The number of nitrogens with one attached hydrogen (secondary N) is 1. The first-order valence-corrected chi connectivity index (χ1v) is 7.06. The summed E-state index contributed by atoms with van der Waals surface area (Å²) in [6.45, 7) is 1.77. The van der Waals surface area contributed by atoms with Crippen LogP contribution in [0.3, 0.4) is 0 Å². The van der Waals surface area contributed by atoms with E-state index in [9.17, 15) is 14.7 Å². The van der Waals surface area contributed by atoms with E-state index in [0.29, 0.717) is 23.2 Å². The Balaban J connectivity index is 2.29. The quantitative estimate of drug-likeness (QED) is 0.684. The second kappa shape index (κ2) is 5.28. The minimum absolute atomic E-state index is 0.366. The zero-order chi connectivity index (χ0) is 16.7. The molecule has 0 aliphatic heterocycles. The maximum absolute atomic E-state index is 12.0. The molecule has 0 aliphatic carbocycles. The van der Waals surface area contributed by atoms with Gasteiger partial charge < -0.3 is 19.8 Å². The van der Waals surface area contributed by atoms with Gasteiger partial charge in [0.05, 0.1) is 5.69 Å². The average molecular weight is 313 g/mol. The highest BCUT2D eigenvalue weighted by Gasteiger charge is 2.22. The summed E-state index contributed by atoms with van der Waals surface area (Å²) < 4.78 is 1.87. The molecule has 3 aromatic rings. The number of hydrogen-bond acceptors (Lipinski definition) is 4. The molecule has 0 aromatic carbocycles. The predicted molar refractivity (Wildman–Crippen MR) is 84.8 cm³/mol. The molecule has 3 N–H and O–H groups in total. The number of aromatic nitrogens is 3. The minimum Gasteiger partial charge on any atom is -0.506 e. The Morgan fingerprint density at radius 3 is 2.83 bits per heavy atom. The highest BCUT2D eigenvalue weighted by molar-refractivity contribution is 5.92. The van der Waals surface area contributed by atoms with Gasteiger partial charge in [-0.05, 0) is 18.6 Å². The fraction of sp³-hybridized carbons (Fsp3) is 0.188. The fourth-order valence-electron chi connectivity index (χ4n) is 2.71. The van der Waals surface area contributed by atoms with Crippen molar-refractivity contribution in [2.24, 2.45) is 7.05 Å². The number of aromatic amines is 1. The van der Waals surface area contributed by atoms with Gasteiger partial charge in [0.15, 0.2) is 5.56 Å². The third-order valence-corrected chi connectivity index (χ3v) is 3.85. The SMILES string of the molecule is CCc1c(-c2cnc3c(ccn3C)c2)[nH]c(=O)c(C(=O)O)c1O. The lowest BCUT2D eigenvalue weighted by Crippen LogP contribution is -2.20. The molecule has 0 aliphatic rings. The summed E-state index contributed by atoms with van der Waals surface area (Å²) in [7, 11) is 1.88. The third kappa shape index (κ3) is 2.26. The number of aromatic carboxylic acids is 1. The number of nitrogens with zero attached hydrogens (tertiary/aromatic N) is 2. The van der Waals surface area contributed by atoms with Crippen molar-refractivity contribution in [2.75, 3.05) is 0 Å². The lowest BCUT2D eigenvalue weighted by molar-refractivity contribution is 0.0691. The van der Waals surface area contributed by atoms with Gasteiger partial charge in [-0.1, -0.05) is 6.92 Å². The molecular formula is C16H15N3O4. The van der Waals surface area contributed by atoms with Crippen LogP contribution in [-0.4, -0.2) is 30.7 Å². The van der Waals surface area contributed by atoms with E-state index in [0.717, 1.165) is 11.0 Å². The Hall–Kier alpha value is -3.09. The molecule has 0 radical (unpaired) electrons. The first-order valence-electron chi connectivity index (χ1n) is 7.06. The van der Waals surface area contributed by atoms with Crippen LogP contribution < -0.4 is 5.56 Å². The molecule has 0 bridgehead atoms. The summed E-state index contributed by atoms with van der Waals surface area (Å²) >= 11 is 0. The lowest BCUT2D eigenvalue weighted by atomic mass is 10.0.